The van der Waals surface area contributed by atoms with Crippen molar-refractivity contribution in [2.24, 2.45) is 5.92 Å². The number of hydrogen-bond donors (Lipinski definition) is 2. The van der Waals surface area contributed by atoms with Gasteiger partial charge in [0.05, 0.1) is 16.6 Å². The highest BCUT2D eigenvalue weighted by Crippen LogP contribution is 2.11. The maximum Gasteiger partial charge on any atom is 0.224 e. The van der Waals surface area contributed by atoms with Crippen LogP contribution in [0.4, 0.5) is 0 Å². The highest BCUT2D eigenvalue weighted by Gasteiger charge is 2.20. The van der Waals surface area contributed by atoms with Gasteiger partial charge < -0.3 is 10.6 Å². The summed E-state index contributed by atoms with van der Waals surface area (Å²) in [7, 11) is 0. The number of halogens is 2. The Kier molecular flexibility index (Phi) is 10.2. The zero-order valence-electron chi connectivity index (χ0n) is 11.7. The topological polar surface area (TPSA) is 54.0 Å². The van der Waals surface area contributed by atoms with Crippen molar-refractivity contribution in [2.75, 3.05) is 19.6 Å². The number of nitrogens with one attached hydrogen (secondary N) is 2. The number of piperidine rings is 1. The number of hydrogen-bond acceptors (Lipinski definition) is 4. The van der Waals surface area contributed by atoms with Gasteiger partial charge in [-0.05, 0) is 25.8 Å². The fourth-order valence-corrected chi connectivity index (χ4v) is 2.94. The maximum atomic E-state index is 11.9. The molecule has 4 nitrogen and oxygen atoms in total. The molecule has 1 aromatic heterocycles. The molecule has 0 aromatic carbocycles. The second-order valence-electron chi connectivity index (χ2n) is 4.67. The Morgan fingerprint density at radius 3 is 2.95 bits per heavy atom. The van der Waals surface area contributed by atoms with E-state index >= 15 is 0 Å². The summed E-state index contributed by atoms with van der Waals surface area (Å²) in [5.74, 6) is 0.341. The third-order valence-corrected chi connectivity index (χ3v) is 4.29. The van der Waals surface area contributed by atoms with Gasteiger partial charge in [0.2, 0.25) is 5.91 Å². The maximum absolute atomic E-state index is 11.9. The van der Waals surface area contributed by atoms with Gasteiger partial charge in [-0.1, -0.05) is 6.92 Å². The highest BCUT2D eigenvalue weighted by atomic mass is 35.5. The van der Waals surface area contributed by atoms with Gasteiger partial charge in [-0.2, -0.15) is 0 Å². The molecule has 1 aliphatic rings. The number of nitrogens with zero attached hydrogens (tertiary/aromatic N) is 1. The van der Waals surface area contributed by atoms with Gasteiger partial charge >= 0.3 is 0 Å². The molecule has 0 spiro atoms. The van der Waals surface area contributed by atoms with Crippen LogP contribution in [0.1, 0.15) is 30.5 Å². The predicted octanol–water partition coefficient (Wildman–Crippen LogP) is 2.21. The first-order valence-electron chi connectivity index (χ1n) is 6.71. The van der Waals surface area contributed by atoms with Crippen LogP contribution in [0, 0.1) is 5.92 Å². The molecule has 0 radical (unpaired) electrons. The molecule has 1 fully saturated rings. The van der Waals surface area contributed by atoms with E-state index < -0.39 is 0 Å². The number of amides is 1. The fourth-order valence-electron chi connectivity index (χ4n) is 2.16. The first-order chi connectivity index (χ1) is 8.79. The van der Waals surface area contributed by atoms with E-state index in [1.54, 1.807) is 11.3 Å². The van der Waals surface area contributed by atoms with E-state index in [0.29, 0.717) is 6.54 Å². The molecule has 2 rings (SSSR count). The molecule has 20 heavy (non-hydrogen) atoms. The molecule has 0 bridgehead atoms. The molecule has 1 unspecified atom stereocenters. The highest BCUT2D eigenvalue weighted by molar-refractivity contribution is 7.09. The summed E-state index contributed by atoms with van der Waals surface area (Å²) in [5.41, 5.74) is 1.10. The quantitative estimate of drug-likeness (QED) is 0.864. The normalized spacial score (nSPS) is 17.8. The van der Waals surface area contributed by atoms with Crippen LogP contribution in [-0.2, 0) is 17.6 Å². The van der Waals surface area contributed by atoms with Gasteiger partial charge in [0, 0.05) is 24.9 Å². The Hall–Kier alpha value is -0.360. The summed E-state index contributed by atoms with van der Waals surface area (Å²) in [6, 6.07) is 0. The molecule has 0 aliphatic carbocycles. The van der Waals surface area contributed by atoms with Gasteiger partial charge in [0.1, 0.15) is 0 Å². The minimum atomic E-state index is 0. The van der Waals surface area contributed by atoms with Gasteiger partial charge in [0.25, 0.3) is 0 Å². The van der Waals surface area contributed by atoms with Crippen LogP contribution in [0.3, 0.4) is 0 Å². The Bertz CT molecular complexity index is 395. The summed E-state index contributed by atoms with van der Waals surface area (Å²) in [6.45, 7) is 4.67. The van der Waals surface area contributed by atoms with E-state index in [9.17, 15) is 4.79 Å². The van der Waals surface area contributed by atoms with Crippen LogP contribution < -0.4 is 10.6 Å². The molecule has 1 atom stereocenters. The summed E-state index contributed by atoms with van der Waals surface area (Å²) in [6.07, 6.45) is 3.94. The average Bonchev–Trinajstić information content (AvgIpc) is 2.87. The fraction of sp³-hybridized carbons (Fsp3) is 0.692. The lowest BCUT2D eigenvalue weighted by Crippen LogP contribution is -2.41. The van der Waals surface area contributed by atoms with Crippen molar-refractivity contribution >= 4 is 42.1 Å². The van der Waals surface area contributed by atoms with Crippen molar-refractivity contribution in [3.63, 3.8) is 0 Å². The molecule has 1 aliphatic heterocycles. The molecule has 0 saturated carbocycles. The van der Waals surface area contributed by atoms with Crippen LogP contribution in [0.2, 0.25) is 0 Å². The van der Waals surface area contributed by atoms with Crippen molar-refractivity contribution in [2.45, 2.75) is 32.6 Å². The Labute approximate surface area is 137 Å². The van der Waals surface area contributed by atoms with Crippen molar-refractivity contribution in [1.29, 1.82) is 0 Å². The Morgan fingerprint density at radius 2 is 2.35 bits per heavy atom. The van der Waals surface area contributed by atoms with Crippen LogP contribution in [0.25, 0.3) is 0 Å². The first-order valence-corrected chi connectivity index (χ1v) is 7.59. The molecule has 2 N–H and O–H groups in total. The average molecular weight is 340 g/mol. The number of carbonyl (C=O) groups excluding carboxylic acids is 1. The minimum absolute atomic E-state index is 0. The molecule has 7 heteroatoms. The summed E-state index contributed by atoms with van der Waals surface area (Å²) >= 11 is 1.70. The van der Waals surface area contributed by atoms with Gasteiger partial charge in [-0.15, -0.1) is 36.2 Å². The van der Waals surface area contributed by atoms with E-state index in [2.05, 4.69) is 27.9 Å². The van der Waals surface area contributed by atoms with E-state index in [-0.39, 0.29) is 36.6 Å². The molecule has 1 saturated heterocycles. The molecular weight excluding hydrogens is 317 g/mol. The second kappa shape index (κ2) is 10.4. The van der Waals surface area contributed by atoms with Gasteiger partial charge in [0.15, 0.2) is 0 Å². The monoisotopic (exact) mass is 339 g/mol. The number of carbonyl (C=O) groups is 1. The van der Waals surface area contributed by atoms with Gasteiger partial charge in [-0.3, -0.25) is 4.79 Å². The van der Waals surface area contributed by atoms with Crippen LogP contribution >= 0.6 is 36.2 Å². The lowest BCUT2D eigenvalue weighted by atomic mass is 9.99. The lowest BCUT2D eigenvalue weighted by molar-refractivity contribution is -0.125. The number of aromatic nitrogens is 1. The first kappa shape index (κ1) is 19.6. The van der Waals surface area contributed by atoms with Crippen molar-refractivity contribution in [3.8, 4) is 0 Å². The van der Waals surface area contributed by atoms with Crippen molar-refractivity contribution < 1.29 is 4.79 Å². The largest absolute Gasteiger partial charge is 0.355 e. The third kappa shape index (κ3) is 5.95. The number of rotatable bonds is 5. The standard InChI is InChI=1S/C13H21N3OS.2ClH/c1-2-12-16-11(9-18-12)5-7-15-13(17)10-4-3-6-14-8-10;;/h9-10,14H,2-8H2,1H3,(H,15,17);2*1H. The molecule has 1 aromatic rings. The zero-order chi connectivity index (χ0) is 12.8. The van der Waals surface area contributed by atoms with Crippen molar-refractivity contribution in [1.82, 2.24) is 15.6 Å². The molecular formula is C13H23Cl2N3OS. The minimum Gasteiger partial charge on any atom is -0.355 e. The van der Waals surface area contributed by atoms with E-state index in [0.717, 1.165) is 44.5 Å². The van der Waals surface area contributed by atoms with E-state index in [1.165, 1.54) is 5.01 Å². The summed E-state index contributed by atoms with van der Waals surface area (Å²) in [5, 5.41) is 9.54. The third-order valence-electron chi connectivity index (χ3n) is 3.25. The predicted molar refractivity (Wildman–Crippen MR) is 88.3 cm³/mol. The van der Waals surface area contributed by atoms with Crippen molar-refractivity contribution in [3.05, 3.63) is 16.1 Å². The smallest absolute Gasteiger partial charge is 0.224 e. The summed E-state index contributed by atoms with van der Waals surface area (Å²) < 4.78 is 0. The van der Waals surface area contributed by atoms with Crippen LogP contribution in [-0.4, -0.2) is 30.5 Å². The Balaban J connectivity index is 0.00000180. The Morgan fingerprint density at radius 1 is 1.55 bits per heavy atom. The lowest BCUT2D eigenvalue weighted by Gasteiger charge is -2.21. The zero-order valence-corrected chi connectivity index (χ0v) is 14.1. The number of thiazole rings is 1. The van der Waals surface area contributed by atoms with Gasteiger partial charge in [-0.25, -0.2) is 4.98 Å². The summed E-state index contributed by atoms with van der Waals surface area (Å²) in [4.78, 5) is 16.4. The van der Waals surface area contributed by atoms with Crippen LogP contribution in [0.5, 0.6) is 0 Å². The molecule has 2 heterocycles. The SMILES string of the molecule is CCc1nc(CCNC(=O)C2CCCNC2)cs1.Cl.Cl. The molecule has 1 amide bonds. The van der Waals surface area contributed by atoms with Crippen LogP contribution in [0.15, 0.2) is 5.38 Å². The molecule has 116 valence electrons. The number of aryl methyl sites for hydroxylation is 1. The second-order valence-corrected chi connectivity index (χ2v) is 5.61. The van der Waals surface area contributed by atoms with E-state index in [1.807, 2.05) is 0 Å². The van der Waals surface area contributed by atoms with E-state index in [4.69, 9.17) is 0 Å².